The van der Waals surface area contributed by atoms with Gasteiger partial charge in [-0.1, -0.05) is 84.9 Å². The average molecular weight is 742 g/mol. The van der Waals surface area contributed by atoms with Gasteiger partial charge in [0.2, 0.25) is 0 Å². The van der Waals surface area contributed by atoms with E-state index in [0.29, 0.717) is 28.1 Å². The molecule has 270 valence electrons. The van der Waals surface area contributed by atoms with Crippen LogP contribution in [0.3, 0.4) is 0 Å². The summed E-state index contributed by atoms with van der Waals surface area (Å²) in [6.45, 7) is 3.88. The summed E-state index contributed by atoms with van der Waals surface area (Å²) in [5.74, 6) is 0.485. The second-order valence-electron chi connectivity index (χ2n) is 14.5. The third kappa shape index (κ3) is 5.48. The highest BCUT2D eigenvalue weighted by Crippen LogP contribution is 2.42. The molecule has 7 nitrogen and oxygen atoms in total. The molecule has 0 fully saturated rings. The van der Waals surface area contributed by atoms with Gasteiger partial charge in [-0.3, -0.25) is 0 Å². The Morgan fingerprint density at radius 2 is 0.879 bits per heavy atom. The summed E-state index contributed by atoms with van der Waals surface area (Å²) in [5, 5.41) is 34.7. The molecule has 0 aliphatic carbocycles. The number of aromatic nitrogens is 4. The van der Waals surface area contributed by atoms with Crippen molar-refractivity contribution in [1.29, 1.82) is 15.8 Å². The largest absolute Gasteiger partial charge is 0.307 e. The van der Waals surface area contributed by atoms with Crippen LogP contribution in [0.5, 0.6) is 0 Å². The van der Waals surface area contributed by atoms with Crippen molar-refractivity contribution >= 4 is 43.6 Å². The Bertz CT molecular complexity index is 3450. The van der Waals surface area contributed by atoms with Gasteiger partial charge < -0.3 is 9.13 Å². The Balaban J connectivity index is 1.36. The third-order valence-corrected chi connectivity index (χ3v) is 10.9. The molecule has 0 aliphatic heterocycles. The van der Waals surface area contributed by atoms with Gasteiger partial charge in [0.1, 0.15) is 0 Å². The van der Waals surface area contributed by atoms with E-state index in [-0.39, 0.29) is 0 Å². The Morgan fingerprint density at radius 1 is 0.414 bits per heavy atom. The summed E-state index contributed by atoms with van der Waals surface area (Å²) in [7, 11) is 0. The zero-order valence-electron chi connectivity index (χ0n) is 31.6. The van der Waals surface area contributed by atoms with Crippen molar-refractivity contribution in [3.05, 3.63) is 180 Å². The number of para-hydroxylation sites is 2. The van der Waals surface area contributed by atoms with Crippen LogP contribution in [0, 0.1) is 47.8 Å². The Hall–Kier alpha value is -8.31. The molecular weight excluding hydrogens is 711 g/mol. The fourth-order valence-electron chi connectivity index (χ4n) is 8.41. The lowest BCUT2D eigenvalue weighted by molar-refractivity contribution is 1.05. The number of nitrogens with zero attached hydrogens (tertiary/aromatic N) is 7. The maximum atomic E-state index is 10.9. The molecule has 3 aromatic heterocycles. The number of benzene rings is 7. The third-order valence-electron chi connectivity index (χ3n) is 10.9. The summed E-state index contributed by atoms with van der Waals surface area (Å²) in [6.07, 6.45) is 0. The van der Waals surface area contributed by atoms with Gasteiger partial charge in [0.15, 0.2) is 5.82 Å². The molecule has 0 saturated carbocycles. The zero-order chi connectivity index (χ0) is 39.5. The lowest BCUT2D eigenvalue weighted by Crippen LogP contribution is -2.06. The number of rotatable bonds is 5. The van der Waals surface area contributed by atoms with Gasteiger partial charge >= 0.3 is 0 Å². The normalized spacial score (nSPS) is 11.2. The van der Waals surface area contributed by atoms with E-state index in [0.717, 1.165) is 88.6 Å². The number of aryl methyl sites for hydroxylation is 2. The van der Waals surface area contributed by atoms with Gasteiger partial charge in [0, 0.05) is 38.5 Å². The predicted octanol–water partition coefficient (Wildman–Crippen LogP) is 11.9. The van der Waals surface area contributed by atoms with Crippen LogP contribution in [0.15, 0.2) is 152 Å². The number of nitriles is 3. The SMILES string of the molecule is Cc1cc(C)nc(-c2cc(-n3c4ccccc4c4ccc(-c5cccc(C#N)c5)cc43)c(-n3c4ccccc4c4ccc(-c5cccc(C#N)c5)cc43)cc2C#N)n1. The summed E-state index contributed by atoms with van der Waals surface area (Å²) in [5.41, 5.74) is 13.3. The van der Waals surface area contributed by atoms with Crippen LogP contribution in [-0.2, 0) is 0 Å². The molecule has 0 bridgehead atoms. The minimum absolute atomic E-state index is 0.447. The van der Waals surface area contributed by atoms with Crippen molar-refractivity contribution in [3.8, 4) is 63.2 Å². The molecule has 0 aliphatic rings. The van der Waals surface area contributed by atoms with Crippen molar-refractivity contribution in [1.82, 2.24) is 19.1 Å². The average Bonchev–Trinajstić information content (AvgIpc) is 3.77. The molecule has 7 aromatic carbocycles. The van der Waals surface area contributed by atoms with Crippen LogP contribution in [0.2, 0.25) is 0 Å². The first-order valence-electron chi connectivity index (χ1n) is 18.9. The van der Waals surface area contributed by atoms with E-state index in [1.54, 1.807) is 0 Å². The topological polar surface area (TPSA) is 107 Å². The molecule has 10 rings (SSSR count). The van der Waals surface area contributed by atoms with Gasteiger partial charge in [-0.15, -0.1) is 0 Å². The summed E-state index contributed by atoms with van der Waals surface area (Å²) >= 11 is 0. The Kier molecular flexibility index (Phi) is 7.94. The number of fused-ring (bicyclic) bond motifs is 6. The van der Waals surface area contributed by atoms with E-state index < -0.39 is 0 Å². The van der Waals surface area contributed by atoms with Gasteiger partial charge in [-0.2, -0.15) is 15.8 Å². The first-order chi connectivity index (χ1) is 28.4. The minimum atomic E-state index is 0.447. The molecule has 0 saturated heterocycles. The molecule has 10 aromatic rings. The minimum Gasteiger partial charge on any atom is -0.307 e. The second kappa shape index (κ2) is 13.5. The van der Waals surface area contributed by atoms with Crippen LogP contribution in [0.4, 0.5) is 0 Å². The molecule has 0 radical (unpaired) electrons. The molecule has 0 N–H and O–H groups in total. The van der Waals surface area contributed by atoms with E-state index in [9.17, 15) is 15.8 Å². The van der Waals surface area contributed by atoms with Gasteiger partial charge in [-0.05, 0) is 103 Å². The van der Waals surface area contributed by atoms with E-state index in [1.807, 2.05) is 92.7 Å². The maximum Gasteiger partial charge on any atom is 0.161 e. The van der Waals surface area contributed by atoms with Crippen molar-refractivity contribution < 1.29 is 0 Å². The lowest BCUT2D eigenvalue weighted by atomic mass is 10.0. The highest BCUT2D eigenvalue weighted by Gasteiger charge is 2.24. The van der Waals surface area contributed by atoms with Crippen LogP contribution >= 0.6 is 0 Å². The monoisotopic (exact) mass is 741 g/mol. The highest BCUT2D eigenvalue weighted by molar-refractivity contribution is 6.12. The molecule has 0 spiro atoms. The van der Waals surface area contributed by atoms with Crippen molar-refractivity contribution in [3.63, 3.8) is 0 Å². The smallest absolute Gasteiger partial charge is 0.161 e. The van der Waals surface area contributed by atoms with Crippen molar-refractivity contribution in [2.24, 2.45) is 0 Å². The van der Waals surface area contributed by atoms with Gasteiger partial charge in [-0.25, -0.2) is 9.97 Å². The Labute approximate surface area is 334 Å². The van der Waals surface area contributed by atoms with Crippen LogP contribution in [0.25, 0.3) is 88.6 Å². The summed E-state index contributed by atoms with van der Waals surface area (Å²) < 4.78 is 4.54. The summed E-state index contributed by atoms with van der Waals surface area (Å²) in [4.78, 5) is 9.71. The van der Waals surface area contributed by atoms with Crippen LogP contribution < -0.4 is 0 Å². The molecule has 58 heavy (non-hydrogen) atoms. The van der Waals surface area contributed by atoms with Crippen LogP contribution in [0.1, 0.15) is 28.1 Å². The summed E-state index contributed by atoms with van der Waals surface area (Å²) in [6, 6.07) is 58.0. The first-order valence-corrected chi connectivity index (χ1v) is 18.9. The lowest BCUT2D eigenvalue weighted by Gasteiger charge is -2.19. The van der Waals surface area contributed by atoms with E-state index in [1.165, 1.54) is 0 Å². The van der Waals surface area contributed by atoms with Crippen LogP contribution in [-0.4, -0.2) is 19.1 Å². The van der Waals surface area contributed by atoms with E-state index >= 15 is 0 Å². The standard InChI is InChI=1S/C51H31N7/c1-31-21-32(2)56-51(55-31)44-27-50(58-46-16-6-4-14-41(46)43-20-18-38(25-48(43)58)36-12-8-10-34(23-36)29-53)49(26-39(44)30-54)57-45-15-5-3-13-40(45)42-19-17-37(24-47(42)57)35-11-7-9-33(22-35)28-52/h3-27H,1-2H3. The molecule has 0 amide bonds. The van der Waals surface area contributed by atoms with E-state index in [4.69, 9.17) is 9.97 Å². The van der Waals surface area contributed by atoms with Gasteiger partial charge in [0.25, 0.3) is 0 Å². The van der Waals surface area contributed by atoms with Crippen molar-refractivity contribution in [2.45, 2.75) is 13.8 Å². The van der Waals surface area contributed by atoms with Crippen molar-refractivity contribution in [2.75, 3.05) is 0 Å². The molecular formula is C51H31N7. The molecule has 0 atom stereocenters. The molecule has 0 unspecified atom stereocenters. The van der Waals surface area contributed by atoms with E-state index in [2.05, 4.69) is 100 Å². The molecule has 3 heterocycles. The quantitative estimate of drug-likeness (QED) is 0.174. The fraction of sp³-hybridized carbons (Fsp3) is 0.0392. The molecule has 7 heteroatoms. The highest BCUT2D eigenvalue weighted by atomic mass is 15.1. The number of hydrogen-bond donors (Lipinski definition) is 0. The first kappa shape index (κ1) is 34.2. The zero-order valence-corrected chi connectivity index (χ0v) is 31.6. The second-order valence-corrected chi connectivity index (χ2v) is 14.5. The Morgan fingerprint density at radius 3 is 1.38 bits per heavy atom. The fourth-order valence-corrected chi connectivity index (χ4v) is 8.41. The number of hydrogen-bond acceptors (Lipinski definition) is 5. The predicted molar refractivity (Wildman–Crippen MR) is 231 cm³/mol. The van der Waals surface area contributed by atoms with Gasteiger partial charge in [0.05, 0.1) is 68.3 Å². The maximum absolute atomic E-state index is 10.9.